The van der Waals surface area contributed by atoms with Crippen molar-refractivity contribution in [2.24, 2.45) is 0 Å². The summed E-state index contributed by atoms with van der Waals surface area (Å²) in [6, 6.07) is 69.6. The van der Waals surface area contributed by atoms with Crippen LogP contribution in [0.15, 0.2) is 200 Å². The Balaban J connectivity index is 1.03. The van der Waals surface area contributed by atoms with Crippen LogP contribution in [-0.4, -0.2) is 19.9 Å². The van der Waals surface area contributed by atoms with Gasteiger partial charge in [0, 0.05) is 33.8 Å². The van der Waals surface area contributed by atoms with Gasteiger partial charge in [-0.25, -0.2) is 15.0 Å². The van der Waals surface area contributed by atoms with E-state index >= 15 is 0 Å². The fraction of sp³-hybridized carbons (Fsp3) is 0.0182. The van der Waals surface area contributed by atoms with Gasteiger partial charge in [0.15, 0.2) is 17.5 Å². The number of aromatic nitrogens is 4. The maximum atomic E-state index is 5.00. The number of nitrogens with zero attached hydrogens (tertiary/aromatic N) is 5. The van der Waals surface area contributed by atoms with Gasteiger partial charge in [0.25, 0.3) is 0 Å². The summed E-state index contributed by atoms with van der Waals surface area (Å²) in [7, 11) is 0. The predicted octanol–water partition coefficient (Wildman–Crippen LogP) is 13.2. The van der Waals surface area contributed by atoms with E-state index in [9.17, 15) is 0 Å². The van der Waals surface area contributed by atoms with Gasteiger partial charge in [-0.05, 0) is 80.4 Å². The van der Waals surface area contributed by atoms with Crippen LogP contribution in [0.25, 0.3) is 78.4 Å². The molecule has 2 aliphatic heterocycles. The second-order valence-electron chi connectivity index (χ2n) is 15.8. The van der Waals surface area contributed by atoms with Gasteiger partial charge in [0.2, 0.25) is 0 Å². The summed E-state index contributed by atoms with van der Waals surface area (Å²) >= 11 is 0. The van der Waals surface area contributed by atoms with E-state index in [-0.39, 0.29) is 0 Å². The minimum absolute atomic E-state index is 0.565. The molecular weight excluding hydrogens is 731 g/mol. The summed E-state index contributed by atoms with van der Waals surface area (Å²) in [6.07, 6.45) is 1.95. The molecule has 0 atom stereocenters. The molecule has 0 unspecified atom stereocenters. The first-order chi connectivity index (χ1) is 29.8. The maximum Gasteiger partial charge on any atom is 0.164 e. The smallest absolute Gasteiger partial charge is 0.164 e. The summed E-state index contributed by atoms with van der Waals surface area (Å²) in [5, 5.41) is 1.20. The number of hydrogen-bond donors (Lipinski definition) is 0. The van der Waals surface area contributed by atoms with Gasteiger partial charge in [0.05, 0.1) is 28.0 Å². The van der Waals surface area contributed by atoms with E-state index in [0.717, 1.165) is 33.3 Å². The number of benzene rings is 8. The zero-order chi connectivity index (χ0) is 39.4. The lowest BCUT2D eigenvalue weighted by molar-refractivity contribution is 0.754. The lowest BCUT2D eigenvalue weighted by Gasteiger charge is -2.47. The van der Waals surface area contributed by atoms with Gasteiger partial charge in [-0.1, -0.05) is 164 Å². The van der Waals surface area contributed by atoms with E-state index in [0.29, 0.717) is 17.5 Å². The van der Waals surface area contributed by atoms with Gasteiger partial charge in [-0.15, -0.1) is 0 Å². The van der Waals surface area contributed by atoms with Crippen LogP contribution < -0.4 is 4.90 Å². The molecule has 8 aromatic carbocycles. The number of hydrogen-bond acceptors (Lipinski definition) is 5. The number of pyridine rings is 1. The normalized spacial score (nSPS) is 13.4. The molecule has 0 N–H and O–H groups in total. The first kappa shape index (κ1) is 33.0. The minimum Gasteiger partial charge on any atom is -0.308 e. The Morgan fingerprint density at radius 3 is 1.53 bits per heavy atom. The first-order valence-corrected chi connectivity index (χ1v) is 20.4. The average Bonchev–Trinajstić information content (AvgIpc) is 3.62. The molecule has 1 aliphatic carbocycles. The number of para-hydroxylation sites is 1. The molecule has 3 aliphatic rings. The highest BCUT2D eigenvalue weighted by Crippen LogP contribution is 2.66. The molecule has 2 aromatic heterocycles. The minimum atomic E-state index is -0.565. The zero-order valence-electron chi connectivity index (χ0n) is 32.3. The van der Waals surface area contributed by atoms with Gasteiger partial charge >= 0.3 is 0 Å². The molecule has 0 saturated carbocycles. The molecule has 0 bridgehead atoms. The van der Waals surface area contributed by atoms with E-state index in [1.54, 1.807) is 0 Å². The Morgan fingerprint density at radius 1 is 0.350 bits per heavy atom. The van der Waals surface area contributed by atoms with Gasteiger partial charge in [0.1, 0.15) is 0 Å². The summed E-state index contributed by atoms with van der Waals surface area (Å²) in [4.78, 5) is 22.4. The van der Waals surface area contributed by atoms with Crippen LogP contribution >= 0.6 is 0 Å². The Labute approximate surface area is 347 Å². The molecule has 10 aromatic rings. The zero-order valence-corrected chi connectivity index (χ0v) is 32.3. The molecule has 278 valence electrons. The molecular formula is C55H33N5. The molecule has 4 heterocycles. The van der Waals surface area contributed by atoms with Crippen LogP contribution in [0.1, 0.15) is 22.3 Å². The van der Waals surface area contributed by atoms with E-state index in [1.165, 1.54) is 67.0 Å². The van der Waals surface area contributed by atoms with Crippen LogP contribution in [0.2, 0.25) is 0 Å². The molecule has 0 fully saturated rings. The summed E-state index contributed by atoms with van der Waals surface area (Å²) in [6.45, 7) is 0. The molecule has 60 heavy (non-hydrogen) atoms. The Hall–Kier alpha value is -8.02. The molecule has 5 heteroatoms. The van der Waals surface area contributed by atoms with Crippen molar-refractivity contribution in [1.82, 2.24) is 19.9 Å². The van der Waals surface area contributed by atoms with Crippen molar-refractivity contribution < 1.29 is 0 Å². The standard InChI is InChI=1S/C55H33N5/c1-3-13-35(14-4-1)52-57-53(36-15-5-2-6-16-36)59-54(58-52)37-25-23-34(24-26-37)38-27-30-49-46(33-38)55(43-20-10-7-17-39(43)40-18-8-11-21-44(40)55)45-28-29-47-50-42(31-32-56-47)41-19-9-12-22-48(41)60(49)51(45)50/h1-33H. The van der Waals surface area contributed by atoms with Crippen molar-refractivity contribution in [1.29, 1.82) is 0 Å². The van der Waals surface area contributed by atoms with Crippen LogP contribution in [0.4, 0.5) is 17.1 Å². The van der Waals surface area contributed by atoms with Crippen LogP contribution in [0.3, 0.4) is 0 Å². The highest BCUT2D eigenvalue weighted by molar-refractivity contribution is 6.16. The third kappa shape index (κ3) is 4.51. The summed E-state index contributed by atoms with van der Waals surface area (Å²) in [5.41, 5.74) is 19.2. The Kier molecular flexibility index (Phi) is 6.87. The third-order valence-electron chi connectivity index (χ3n) is 12.7. The largest absolute Gasteiger partial charge is 0.308 e. The Bertz CT molecular complexity index is 3270. The summed E-state index contributed by atoms with van der Waals surface area (Å²) in [5.74, 6) is 1.94. The molecule has 5 nitrogen and oxygen atoms in total. The number of anilines is 3. The van der Waals surface area contributed by atoms with Crippen molar-refractivity contribution in [2.45, 2.75) is 5.41 Å². The molecule has 13 rings (SSSR count). The second kappa shape index (κ2) is 12.5. The van der Waals surface area contributed by atoms with Gasteiger partial charge in [-0.2, -0.15) is 0 Å². The van der Waals surface area contributed by atoms with E-state index < -0.39 is 5.41 Å². The summed E-state index contributed by atoms with van der Waals surface area (Å²) < 4.78 is 0. The van der Waals surface area contributed by atoms with Gasteiger partial charge < -0.3 is 4.90 Å². The van der Waals surface area contributed by atoms with Crippen molar-refractivity contribution >= 4 is 28.0 Å². The first-order valence-electron chi connectivity index (χ1n) is 20.4. The number of rotatable bonds is 4. The Morgan fingerprint density at radius 2 is 0.883 bits per heavy atom. The van der Waals surface area contributed by atoms with Crippen molar-refractivity contribution in [3.63, 3.8) is 0 Å². The molecule has 0 radical (unpaired) electrons. The fourth-order valence-electron chi connectivity index (χ4n) is 10.2. The average molecular weight is 764 g/mol. The third-order valence-corrected chi connectivity index (χ3v) is 12.7. The molecule has 1 spiro atoms. The van der Waals surface area contributed by atoms with E-state index in [2.05, 4.69) is 138 Å². The lowest BCUT2D eigenvalue weighted by Crippen LogP contribution is -2.37. The quantitative estimate of drug-likeness (QED) is 0.179. The molecule has 0 saturated heterocycles. The highest BCUT2D eigenvalue weighted by Gasteiger charge is 2.53. The SMILES string of the molecule is c1ccc(-c2nc(-c3ccccc3)nc(-c3ccc(-c4ccc5c(c4)C4(c6ccccc6-c6ccccc64)c4ccc6nccc7c6c4N5c4ccccc4-7)cc3)n2)cc1. The number of fused-ring (bicyclic) bond motifs is 12. The predicted molar refractivity (Wildman–Crippen MR) is 241 cm³/mol. The topological polar surface area (TPSA) is 54.8 Å². The van der Waals surface area contributed by atoms with Crippen molar-refractivity contribution in [3.05, 3.63) is 223 Å². The van der Waals surface area contributed by atoms with Crippen LogP contribution in [0, 0.1) is 0 Å². The fourth-order valence-corrected chi connectivity index (χ4v) is 10.2. The van der Waals surface area contributed by atoms with Crippen LogP contribution in [-0.2, 0) is 5.41 Å². The second-order valence-corrected chi connectivity index (χ2v) is 15.8. The van der Waals surface area contributed by atoms with E-state index in [4.69, 9.17) is 19.9 Å². The van der Waals surface area contributed by atoms with Crippen molar-refractivity contribution in [2.75, 3.05) is 4.90 Å². The molecule has 0 amide bonds. The monoisotopic (exact) mass is 763 g/mol. The lowest BCUT2D eigenvalue weighted by atomic mass is 9.63. The van der Waals surface area contributed by atoms with Gasteiger partial charge in [-0.3, -0.25) is 4.98 Å². The highest BCUT2D eigenvalue weighted by atomic mass is 15.2. The maximum absolute atomic E-state index is 5.00. The van der Waals surface area contributed by atoms with Crippen LogP contribution in [0.5, 0.6) is 0 Å². The van der Waals surface area contributed by atoms with E-state index in [1.807, 2.05) is 66.9 Å². The van der Waals surface area contributed by atoms with Crippen molar-refractivity contribution in [3.8, 4) is 67.5 Å².